The summed E-state index contributed by atoms with van der Waals surface area (Å²) in [6.45, 7) is 0.333. The number of amides is 1. The van der Waals surface area contributed by atoms with Crippen LogP contribution in [0.1, 0.15) is 0 Å². The van der Waals surface area contributed by atoms with E-state index < -0.39 is 0 Å². The Balaban J connectivity index is 1.27. The van der Waals surface area contributed by atoms with Gasteiger partial charge in [0.2, 0.25) is 5.88 Å². The SMILES string of the molecule is O=C(COc1ccc(F)cc1)NCCOc1ccc2nnc(-c3ccccc3)n2n1. The molecule has 1 amide bonds. The Morgan fingerprint density at radius 1 is 0.967 bits per heavy atom. The molecule has 0 aliphatic rings. The molecule has 2 aromatic heterocycles. The molecule has 2 heterocycles. The monoisotopic (exact) mass is 407 g/mol. The molecule has 4 aromatic rings. The lowest BCUT2D eigenvalue weighted by molar-refractivity contribution is -0.123. The molecule has 2 aromatic carbocycles. The molecular formula is C21H18FN5O3. The lowest BCUT2D eigenvalue weighted by atomic mass is 10.2. The van der Waals surface area contributed by atoms with Crippen molar-refractivity contribution >= 4 is 11.6 Å². The number of nitrogens with zero attached hydrogens (tertiary/aromatic N) is 4. The number of carbonyl (C=O) groups is 1. The van der Waals surface area contributed by atoms with Crippen molar-refractivity contribution < 1.29 is 18.7 Å². The van der Waals surface area contributed by atoms with Crippen molar-refractivity contribution in [1.29, 1.82) is 0 Å². The third-order valence-corrected chi connectivity index (χ3v) is 4.13. The molecule has 8 nitrogen and oxygen atoms in total. The minimum Gasteiger partial charge on any atom is -0.484 e. The molecule has 0 fully saturated rings. The fourth-order valence-electron chi connectivity index (χ4n) is 2.69. The number of benzene rings is 2. The number of carbonyl (C=O) groups excluding carboxylic acids is 1. The van der Waals surface area contributed by atoms with E-state index >= 15 is 0 Å². The van der Waals surface area contributed by atoms with Crippen molar-refractivity contribution in [3.63, 3.8) is 0 Å². The predicted molar refractivity (Wildman–Crippen MR) is 107 cm³/mol. The summed E-state index contributed by atoms with van der Waals surface area (Å²) in [4.78, 5) is 11.8. The van der Waals surface area contributed by atoms with Crippen LogP contribution in [-0.4, -0.2) is 45.5 Å². The zero-order chi connectivity index (χ0) is 20.8. The van der Waals surface area contributed by atoms with E-state index in [9.17, 15) is 9.18 Å². The van der Waals surface area contributed by atoms with Crippen LogP contribution in [0.3, 0.4) is 0 Å². The Labute approximate surface area is 171 Å². The zero-order valence-electron chi connectivity index (χ0n) is 15.9. The summed E-state index contributed by atoms with van der Waals surface area (Å²) >= 11 is 0. The number of rotatable bonds is 8. The maximum atomic E-state index is 12.8. The van der Waals surface area contributed by atoms with E-state index in [0.29, 0.717) is 23.1 Å². The third-order valence-electron chi connectivity index (χ3n) is 4.13. The van der Waals surface area contributed by atoms with Crippen molar-refractivity contribution in [2.75, 3.05) is 19.8 Å². The van der Waals surface area contributed by atoms with Gasteiger partial charge in [0.25, 0.3) is 5.91 Å². The van der Waals surface area contributed by atoms with Crippen LogP contribution < -0.4 is 14.8 Å². The van der Waals surface area contributed by atoms with E-state index in [2.05, 4.69) is 20.6 Å². The topological polar surface area (TPSA) is 90.6 Å². The maximum Gasteiger partial charge on any atom is 0.258 e. The van der Waals surface area contributed by atoms with Gasteiger partial charge in [-0.25, -0.2) is 4.39 Å². The van der Waals surface area contributed by atoms with Gasteiger partial charge in [-0.1, -0.05) is 30.3 Å². The molecule has 0 spiro atoms. The third kappa shape index (κ3) is 4.69. The molecule has 0 atom stereocenters. The van der Waals surface area contributed by atoms with E-state index in [-0.39, 0.29) is 31.5 Å². The molecule has 0 bridgehead atoms. The molecule has 0 saturated heterocycles. The highest BCUT2D eigenvalue weighted by Crippen LogP contribution is 2.18. The van der Waals surface area contributed by atoms with Gasteiger partial charge in [-0.15, -0.1) is 15.3 Å². The summed E-state index contributed by atoms with van der Waals surface area (Å²) in [5.41, 5.74) is 1.50. The van der Waals surface area contributed by atoms with Crippen molar-refractivity contribution in [3.8, 4) is 23.0 Å². The molecule has 9 heteroatoms. The number of aromatic nitrogens is 4. The molecular weight excluding hydrogens is 389 g/mol. The number of halogens is 1. The van der Waals surface area contributed by atoms with E-state index in [0.717, 1.165) is 5.56 Å². The highest BCUT2D eigenvalue weighted by Gasteiger charge is 2.10. The Hall–Kier alpha value is -4.01. The van der Waals surface area contributed by atoms with Crippen molar-refractivity contribution in [3.05, 3.63) is 72.5 Å². The summed E-state index contributed by atoms with van der Waals surface area (Å²) in [6.07, 6.45) is 0. The van der Waals surface area contributed by atoms with Crippen LogP contribution in [0.15, 0.2) is 66.7 Å². The first kappa shape index (κ1) is 19.3. The number of hydrogen-bond acceptors (Lipinski definition) is 6. The van der Waals surface area contributed by atoms with Crippen LogP contribution in [0.2, 0.25) is 0 Å². The largest absolute Gasteiger partial charge is 0.484 e. The molecule has 152 valence electrons. The van der Waals surface area contributed by atoms with Crippen LogP contribution in [0.4, 0.5) is 4.39 Å². The van der Waals surface area contributed by atoms with Gasteiger partial charge >= 0.3 is 0 Å². The summed E-state index contributed by atoms with van der Waals surface area (Å²) in [7, 11) is 0. The molecule has 0 radical (unpaired) electrons. The van der Waals surface area contributed by atoms with Crippen molar-refractivity contribution in [2.24, 2.45) is 0 Å². The Bertz CT molecular complexity index is 1130. The second-order valence-electron chi connectivity index (χ2n) is 6.27. The summed E-state index contributed by atoms with van der Waals surface area (Å²) in [5.74, 6) is 0.747. The highest BCUT2D eigenvalue weighted by atomic mass is 19.1. The van der Waals surface area contributed by atoms with E-state index in [1.165, 1.54) is 24.3 Å². The smallest absolute Gasteiger partial charge is 0.258 e. The predicted octanol–water partition coefficient (Wildman–Crippen LogP) is 2.50. The fraction of sp³-hybridized carbons (Fsp3) is 0.143. The van der Waals surface area contributed by atoms with Crippen molar-refractivity contribution in [2.45, 2.75) is 0 Å². The summed E-state index contributed by atoms with van der Waals surface area (Å²) in [5, 5.41) is 15.4. The molecule has 0 aliphatic heterocycles. The van der Waals surface area contributed by atoms with Gasteiger partial charge in [-0.2, -0.15) is 4.52 Å². The Kier molecular flexibility index (Phi) is 5.79. The highest BCUT2D eigenvalue weighted by molar-refractivity contribution is 5.77. The zero-order valence-corrected chi connectivity index (χ0v) is 15.9. The van der Waals surface area contributed by atoms with Gasteiger partial charge in [-0.3, -0.25) is 4.79 Å². The summed E-state index contributed by atoms with van der Waals surface area (Å²) < 4.78 is 25.4. The maximum absolute atomic E-state index is 12.8. The molecule has 0 unspecified atom stereocenters. The number of ether oxygens (including phenoxy) is 2. The van der Waals surface area contributed by atoms with Crippen LogP contribution in [0, 0.1) is 5.82 Å². The Morgan fingerprint density at radius 2 is 1.77 bits per heavy atom. The van der Waals surface area contributed by atoms with Crippen LogP contribution in [0.25, 0.3) is 17.0 Å². The van der Waals surface area contributed by atoms with E-state index in [4.69, 9.17) is 9.47 Å². The number of hydrogen-bond donors (Lipinski definition) is 1. The fourth-order valence-corrected chi connectivity index (χ4v) is 2.69. The first-order valence-corrected chi connectivity index (χ1v) is 9.25. The van der Waals surface area contributed by atoms with E-state index in [1.54, 1.807) is 16.6 Å². The first-order valence-electron chi connectivity index (χ1n) is 9.25. The van der Waals surface area contributed by atoms with Gasteiger partial charge in [0.1, 0.15) is 18.2 Å². The van der Waals surface area contributed by atoms with Crippen LogP contribution in [0.5, 0.6) is 11.6 Å². The standard InChI is InChI=1S/C21H18FN5O3/c22-16-6-8-17(9-7-16)30-14-19(28)23-12-13-29-20-11-10-18-24-25-21(27(18)26-20)15-4-2-1-3-5-15/h1-11H,12-14H2,(H,23,28). The van der Waals surface area contributed by atoms with Crippen LogP contribution in [-0.2, 0) is 4.79 Å². The average molecular weight is 407 g/mol. The van der Waals surface area contributed by atoms with Gasteiger partial charge in [-0.05, 0) is 30.3 Å². The average Bonchev–Trinajstić information content (AvgIpc) is 3.20. The van der Waals surface area contributed by atoms with Crippen LogP contribution >= 0.6 is 0 Å². The van der Waals surface area contributed by atoms with Crippen molar-refractivity contribution in [1.82, 2.24) is 25.1 Å². The first-order chi connectivity index (χ1) is 14.7. The van der Waals surface area contributed by atoms with Gasteiger partial charge in [0, 0.05) is 11.6 Å². The van der Waals surface area contributed by atoms with Gasteiger partial charge < -0.3 is 14.8 Å². The molecule has 0 saturated carbocycles. The number of nitrogens with one attached hydrogen (secondary N) is 1. The molecule has 0 aliphatic carbocycles. The number of fused-ring (bicyclic) bond motifs is 1. The lowest BCUT2D eigenvalue weighted by Gasteiger charge is -2.09. The Morgan fingerprint density at radius 3 is 2.57 bits per heavy atom. The quantitative estimate of drug-likeness (QED) is 0.452. The molecule has 4 rings (SSSR count). The second-order valence-corrected chi connectivity index (χ2v) is 6.27. The molecule has 30 heavy (non-hydrogen) atoms. The summed E-state index contributed by atoms with van der Waals surface area (Å²) in [6, 6.07) is 18.5. The lowest BCUT2D eigenvalue weighted by Crippen LogP contribution is -2.32. The molecule has 1 N–H and O–H groups in total. The normalized spacial score (nSPS) is 10.7. The minimum absolute atomic E-state index is 0.170. The second kappa shape index (κ2) is 8.99. The van der Waals surface area contributed by atoms with Gasteiger partial charge in [0.15, 0.2) is 18.1 Å². The van der Waals surface area contributed by atoms with E-state index in [1.807, 2.05) is 30.3 Å². The van der Waals surface area contributed by atoms with Gasteiger partial charge in [0.05, 0.1) is 6.54 Å². The minimum atomic E-state index is -0.363.